The molecule has 0 saturated heterocycles. The van der Waals surface area contributed by atoms with Crippen LogP contribution in [0.5, 0.6) is 0 Å². The van der Waals surface area contributed by atoms with Crippen molar-refractivity contribution in [3.05, 3.63) is 65.0 Å². The third-order valence-corrected chi connectivity index (χ3v) is 4.09. The van der Waals surface area contributed by atoms with E-state index in [4.69, 9.17) is 5.73 Å². The van der Waals surface area contributed by atoms with Gasteiger partial charge >= 0.3 is 6.18 Å². The minimum absolute atomic E-state index is 0.135. The maximum absolute atomic E-state index is 12.6. The van der Waals surface area contributed by atoms with Gasteiger partial charge < -0.3 is 11.1 Å². The molecule has 3 N–H and O–H groups in total. The molecule has 0 fully saturated rings. The third-order valence-electron chi connectivity index (χ3n) is 3.41. The van der Waals surface area contributed by atoms with E-state index in [0.29, 0.717) is 16.5 Å². The van der Waals surface area contributed by atoms with Crippen LogP contribution in [0.2, 0.25) is 0 Å². The smallest absolute Gasteiger partial charge is 0.375 e. The average Bonchev–Trinajstić information content (AvgIpc) is 3.01. The number of carbonyl (C=O) groups excluding carboxylic acids is 1. The Kier molecular flexibility index (Phi) is 4.45. The summed E-state index contributed by atoms with van der Waals surface area (Å²) in [5.41, 5.74) is 6.92. The molecule has 0 spiro atoms. The van der Waals surface area contributed by atoms with Crippen molar-refractivity contribution in [1.82, 2.24) is 4.98 Å². The fraction of sp³-hybridized carbons (Fsp3) is 0.0588. The van der Waals surface area contributed by atoms with Crippen molar-refractivity contribution >= 4 is 28.1 Å². The topological polar surface area (TPSA) is 68.0 Å². The number of halogens is 3. The molecule has 3 rings (SSSR count). The van der Waals surface area contributed by atoms with Crippen LogP contribution in [0.15, 0.2) is 53.9 Å². The molecule has 0 aliphatic heterocycles. The molecule has 0 atom stereocenters. The van der Waals surface area contributed by atoms with Crippen LogP contribution in [-0.4, -0.2) is 10.9 Å². The fourth-order valence-corrected chi connectivity index (χ4v) is 2.76. The van der Waals surface area contributed by atoms with E-state index in [1.807, 2.05) is 6.07 Å². The van der Waals surface area contributed by atoms with Crippen molar-refractivity contribution in [1.29, 1.82) is 0 Å². The Bertz CT molecular complexity index is 904. The third kappa shape index (κ3) is 3.97. The maximum atomic E-state index is 12.6. The van der Waals surface area contributed by atoms with Crippen molar-refractivity contribution in [2.45, 2.75) is 6.18 Å². The second kappa shape index (κ2) is 6.56. The Morgan fingerprint density at radius 1 is 1.12 bits per heavy atom. The van der Waals surface area contributed by atoms with Gasteiger partial charge in [-0.05, 0) is 36.4 Å². The van der Waals surface area contributed by atoms with Crippen LogP contribution >= 0.6 is 11.3 Å². The number of benzene rings is 2. The van der Waals surface area contributed by atoms with Gasteiger partial charge in [0.15, 0.2) is 5.13 Å². The zero-order valence-corrected chi connectivity index (χ0v) is 13.5. The highest BCUT2D eigenvalue weighted by Crippen LogP contribution is 2.29. The summed E-state index contributed by atoms with van der Waals surface area (Å²) in [5, 5.41) is 4.89. The highest BCUT2D eigenvalue weighted by Gasteiger charge is 2.30. The van der Waals surface area contributed by atoms with Gasteiger partial charge in [-0.25, -0.2) is 4.98 Å². The summed E-state index contributed by atoms with van der Waals surface area (Å²) in [4.78, 5) is 16.4. The van der Waals surface area contributed by atoms with Gasteiger partial charge in [0, 0.05) is 22.2 Å². The lowest BCUT2D eigenvalue weighted by atomic mass is 10.1. The first kappa shape index (κ1) is 17.0. The van der Waals surface area contributed by atoms with Gasteiger partial charge in [-0.1, -0.05) is 12.1 Å². The van der Waals surface area contributed by atoms with Crippen LogP contribution in [0.4, 0.5) is 24.0 Å². The molecular weight excluding hydrogens is 351 g/mol. The average molecular weight is 363 g/mol. The Labute approximate surface area is 145 Å². The molecule has 0 unspecified atom stereocenters. The molecule has 0 bridgehead atoms. The monoisotopic (exact) mass is 363 g/mol. The van der Waals surface area contributed by atoms with E-state index in [1.165, 1.54) is 11.3 Å². The molecule has 0 aliphatic rings. The molecule has 8 heteroatoms. The SMILES string of the molecule is Nc1nc(-c2cccc(NC(=O)c3ccc(C(F)(F)F)cc3)c2)cs1. The molecule has 1 heterocycles. The van der Waals surface area contributed by atoms with Gasteiger partial charge in [-0.2, -0.15) is 13.2 Å². The van der Waals surface area contributed by atoms with E-state index in [2.05, 4.69) is 10.3 Å². The summed E-state index contributed by atoms with van der Waals surface area (Å²) in [6.45, 7) is 0. The van der Waals surface area contributed by atoms with Crippen molar-refractivity contribution in [3.8, 4) is 11.3 Å². The number of thiazole rings is 1. The first-order chi connectivity index (χ1) is 11.8. The second-order valence-electron chi connectivity index (χ2n) is 5.18. The molecule has 2 aromatic carbocycles. The van der Waals surface area contributed by atoms with Crippen LogP contribution in [0.25, 0.3) is 11.3 Å². The quantitative estimate of drug-likeness (QED) is 0.711. The Morgan fingerprint density at radius 3 is 2.44 bits per heavy atom. The van der Waals surface area contributed by atoms with Gasteiger partial charge in [0.05, 0.1) is 11.3 Å². The molecule has 0 aliphatic carbocycles. The van der Waals surface area contributed by atoms with Gasteiger partial charge in [-0.3, -0.25) is 4.79 Å². The van der Waals surface area contributed by atoms with Crippen LogP contribution in [0, 0.1) is 0 Å². The molecular formula is C17H12F3N3OS. The van der Waals surface area contributed by atoms with Crippen molar-refractivity contribution in [2.75, 3.05) is 11.1 Å². The highest BCUT2D eigenvalue weighted by molar-refractivity contribution is 7.13. The van der Waals surface area contributed by atoms with E-state index in [9.17, 15) is 18.0 Å². The summed E-state index contributed by atoms with van der Waals surface area (Å²) in [6, 6.07) is 11.0. The van der Waals surface area contributed by atoms with E-state index in [-0.39, 0.29) is 5.56 Å². The number of nitrogen functional groups attached to an aromatic ring is 1. The van der Waals surface area contributed by atoms with Crippen LogP contribution in [-0.2, 0) is 6.18 Å². The fourth-order valence-electron chi connectivity index (χ4n) is 2.19. The zero-order chi connectivity index (χ0) is 18.0. The number of aromatic nitrogens is 1. The number of alkyl halides is 3. The van der Waals surface area contributed by atoms with Crippen molar-refractivity contribution in [3.63, 3.8) is 0 Å². The van der Waals surface area contributed by atoms with Crippen molar-refractivity contribution in [2.24, 2.45) is 0 Å². The summed E-state index contributed by atoms with van der Waals surface area (Å²) in [7, 11) is 0. The number of anilines is 2. The Morgan fingerprint density at radius 2 is 1.84 bits per heavy atom. The number of hydrogen-bond donors (Lipinski definition) is 2. The predicted octanol–water partition coefficient (Wildman–Crippen LogP) is 4.66. The van der Waals surface area contributed by atoms with Gasteiger partial charge in [0.25, 0.3) is 5.91 Å². The molecule has 128 valence electrons. The standard InChI is InChI=1S/C17H12F3N3OS/c18-17(19,20)12-6-4-10(5-7-12)15(24)22-13-3-1-2-11(8-13)14-9-25-16(21)23-14/h1-9H,(H2,21,23)(H,22,24). The van der Waals surface area contributed by atoms with Crippen LogP contribution in [0.3, 0.4) is 0 Å². The molecule has 1 aromatic heterocycles. The number of nitrogens with zero attached hydrogens (tertiary/aromatic N) is 1. The normalized spacial score (nSPS) is 11.3. The molecule has 4 nitrogen and oxygen atoms in total. The Hall–Kier alpha value is -2.87. The second-order valence-corrected chi connectivity index (χ2v) is 6.07. The summed E-state index contributed by atoms with van der Waals surface area (Å²) in [6.07, 6.45) is -4.43. The minimum atomic E-state index is -4.43. The number of nitrogens with one attached hydrogen (secondary N) is 1. The number of nitrogens with two attached hydrogens (primary N) is 1. The summed E-state index contributed by atoms with van der Waals surface area (Å²) in [5.74, 6) is -0.497. The molecule has 25 heavy (non-hydrogen) atoms. The zero-order valence-electron chi connectivity index (χ0n) is 12.7. The van der Waals surface area contributed by atoms with E-state index < -0.39 is 17.6 Å². The van der Waals surface area contributed by atoms with E-state index in [0.717, 1.165) is 29.8 Å². The molecule has 0 saturated carbocycles. The van der Waals surface area contributed by atoms with Gasteiger partial charge in [0.1, 0.15) is 0 Å². The number of hydrogen-bond acceptors (Lipinski definition) is 4. The first-order valence-electron chi connectivity index (χ1n) is 7.13. The number of amides is 1. The van der Waals surface area contributed by atoms with Crippen molar-refractivity contribution < 1.29 is 18.0 Å². The lowest BCUT2D eigenvalue weighted by Gasteiger charge is -2.09. The Balaban J connectivity index is 1.77. The molecule has 3 aromatic rings. The van der Waals surface area contributed by atoms with Gasteiger partial charge in [0.2, 0.25) is 0 Å². The molecule has 1 amide bonds. The number of carbonyl (C=O) groups is 1. The predicted molar refractivity (Wildman–Crippen MR) is 91.4 cm³/mol. The molecule has 0 radical (unpaired) electrons. The summed E-state index contributed by atoms with van der Waals surface area (Å²) < 4.78 is 37.7. The largest absolute Gasteiger partial charge is 0.416 e. The minimum Gasteiger partial charge on any atom is -0.375 e. The lowest BCUT2D eigenvalue weighted by Crippen LogP contribution is -2.12. The van der Waals surface area contributed by atoms with E-state index >= 15 is 0 Å². The van der Waals surface area contributed by atoms with E-state index in [1.54, 1.807) is 23.6 Å². The highest BCUT2D eigenvalue weighted by atomic mass is 32.1. The lowest BCUT2D eigenvalue weighted by molar-refractivity contribution is -0.137. The first-order valence-corrected chi connectivity index (χ1v) is 8.01. The van der Waals surface area contributed by atoms with Crippen LogP contribution < -0.4 is 11.1 Å². The van der Waals surface area contributed by atoms with Crippen LogP contribution in [0.1, 0.15) is 15.9 Å². The van der Waals surface area contributed by atoms with Gasteiger partial charge in [-0.15, -0.1) is 11.3 Å². The number of rotatable bonds is 3. The maximum Gasteiger partial charge on any atom is 0.416 e. The summed E-state index contributed by atoms with van der Waals surface area (Å²) >= 11 is 1.31.